The molecule has 3 N–H and O–H groups in total. The predicted molar refractivity (Wildman–Crippen MR) is 178 cm³/mol. The van der Waals surface area contributed by atoms with Gasteiger partial charge in [-0.2, -0.15) is 5.26 Å². The number of fused-ring (bicyclic) bond motifs is 7. The van der Waals surface area contributed by atoms with Gasteiger partial charge < -0.3 is 20.4 Å². The van der Waals surface area contributed by atoms with Crippen molar-refractivity contribution in [1.29, 1.82) is 5.26 Å². The monoisotopic (exact) mass is 682 g/mol. The maximum absolute atomic E-state index is 16.9. The topological polar surface area (TPSA) is 134 Å². The Kier molecular flexibility index (Phi) is 9.71. The molecule has 5 aliphatic heterocycles. The summed E-state index contributed by atoms with van der Waals surface area (Å²) in [5.41, 5.74) is 0.859. The first kappa shape index (κ1) is 34.3. The number of hydrogen-bond donors (Lipinski definition) is 3. The summed E-state index contributed by atoms with van der Waals surface area (Å²) in [4.78, 5) is 33.3. The van der Waals surface area contributed by atoms with E-state index in [9.17, 15) is 14.9 Å². The summed E-state index contributed by atoms with van der Waals surface area (Å²) < 4.78 is 34.9. The van der Waals surface area contributed by atoms with E-state index in [1.54, 1.807) is 4.90 Å². The second-order valence-electron chi connectivity index (χ2n) is 15.8. The molecule has 0 aromatic carbocycles. The lowest BCUT2D eigenvalue weighted by Gasteiger charge is -2.60. The lowest BCUT2D eigenvalue weighted by atomic mass is 9.69. The molecule has 4 bridgehead atoms. The summed E-state index contributed by atoms with van der Waals surface area (Å²) in [6.45, 7) is 12.0. The number of carbonyl (C=O) groups is 2. The van der Waals surface area contributed by atoms with Gasteiger partial charge >= 0.3 is 6.03 Å². The average Bonchev–Trinajstić information content (AvgIpc) is 3.51. The van der Waals surface area contributed by atoms with Gasteiger partial charge in [-0.05, 0) is 69.4 Å². The number of halogens is 2. The van der Waals surface area contributed by atoms with E-state index in [0.717, 1.165) is 31.5 Å². The zero-order valence-corrected chi connectivity index (χ0v) is 28.9. The molecule has 268 valence electrons. The average molecular weight is 683 g/mol. The Morgan fingerprint density at radius 1 is 1.16 bits per heavy atom. The molecule has 6 aliphatic rings. The normalized spacial score (nSPS) is 41.2. The first-order valence-electron chi connectivity index (χ1n) is 18.4. The Labute approximate surface area is 288 Å². The van der Waals surface area contributed by atoms with Crippen LogP contribution in [0.1, 0.15) is 65.0 Å². The molecule has 0 spiro atoms. The standard InChI is InChI=1S/C35H52F2N10O2/c1-5-28(48)46-15-20(4)45(18-24(46)9-11-38)33-25-14-27(37)31-29-22(7-6-8-26(29)36)16-44-17-23(42-43-44)13-21-10-12-39-30(19(2)3)32(21)47(34(25)40-31)35(49)41-33/h5,17,19-22,24-27,29-34,39-40H,1,6-10,12-16,18H2,2-4H3,(H,41,49). The van der Waals surface area contributed by atoms with Crippen LogP contribution in [-0.2, 0) is 17.8 Å². The third kappa shape index (κ3) is 6.24. The van der Waals surface area contributed by atoms with E-state index >= 15 is 8.78 Å². The molecule has 1 aromatic heterocycles. The molecule has 12 nitrogen and oxygen atoms in total. The Balaban J connectivity index is 1.30. The number of rotatable bonds is 4. The number of alkyl halides is 2. The van der Waals surface area contributed by atoms with Crippen LogP contribution in [0.4, 0.5) is 13.6 Å². The Hall–Kier alpha value is -3.15. The van der Waals surface area contributed by atoms with E-state index in [1.165, 1.54) is 6.08 Å². The number of piperazine rings is 1. The third-order valence-electron chi connectivity index (χ3n) is 12.6. The highest BCUT2D eigenvalue weighted by Gasteiger charge is 2.58. The molecule has 13 unspecified atom stereocenters. The maximum Gasteiger partial charge on any atom is 0.320 e. The minimum absolute atomic E-state index is 0.0195. The highest BCUT2D eigenvalue weighted by molar-refractivity contribution is 5.87. The first-order chi connectivity index (χ1) is 23.6. The van der Waals surface area contributed by atoms with Gasteiger partial charge in [0.25, 0.3) is 0 Å². The number of nitrogens with one attached hydrogen (secondary N) is 3. The van der Waals surface area contributed by atoms with Crippen molar-refractivity contribution in [3.8, 4) is 6.07 Å². The molecule has 7 rings (SSSR count). The van der Waals surface area contributed by atoms with Crippen LogP contribution in [0, 0.1) is 40.9 Å². The third-order valence-corrected chi connectivity index (χ3v) is 12.6. The minimum atomic E-state index is -1.34. The molecular weight excluding hydrogens is 630 g/mol. The second-order valence-corrected chi connectivity index (χ2v) is 15.8. The van der Waals surface area contributed by atoms with Crippen LogP contribution >= 0.6 is 0 Å². The number of hydrogen-bond acceptors (Lipinski definition) is 8. The molecular formula is C35H52F2N10O2. The van der Waals surface area contributed by atoms with Gasteiger partial charge in [0.1, 0.15) is 12.3 Å². The molecule has 1 saturated carbocycles. The smallest absolute Gasteiger partial charge is 0.320 e. The lowest BCUT2D eigenvalue weighted by molar-refractivity contribution is -0.137. The molecule has 13 atom stereocenters. The number of amides is 3. The first-order valence-corrected chi connectivity index (χ1v) is 18.4. The van der Waals surface area contributed by atoms with Crippen molar-refractivity contribution in [2.24, 2.45) is 29.6 Å². The largest absolute Gasteiger partial charge is 0.332 e. The molecule has 49 heavy (non-hydrogen) atoms. The molecule has 4 saturated heterocycles. The van der Waals surface area contributed by atoms with E-state index in [2.05, 4.69) is 57.7 Å². The number of nitriles is 1. The molecule has 0 radical (unpaired) electrons. The summed E-state index contributed by atoms with van der Waals surface area (Å²) in [6.07, 6.45) is 3.35. The Morgan fingerprint density at radius 3 is 2.73 bits per heavy atom. The quantitative estimate of drug-likeness (QED) is 0.413. The van der Waals surface area contributed by atoms with Crippen LogP contribution in [0.3, 0.4) is 0 Å². The van der Waals surface area contributed by atoms with Crippen LogP contribution in [0.25, 0.3) is 0 Å². The zero-order valence-electron chi connectivity index (χ0n) is 28.9. The van der Waals surface area contributed by atoms with Crippen molar-refractivity contribution < 1.29 is 18.4 Å². The van der Waals surface area contributed by atoms with Crippen LogP contribution < -0.4 is 16.0 Å². The van der Waals surface area contributed by atoms with Gasteiger partial charge in [0, 0.05) is 55.8 Å². The molecule has 5 fully saturated rings. The van der Waals surface area contributed by atoms with E-state index in [4.69, 9.17) is 0 Å². The highest BCUT2D eigenvalue weighted by Crippen LogP contribution is 2.44. The SMILES string of the molecule is C=CC(=O)N1CC(C)N(C2NC(=O)N3C4NC(C(F)CC24)C2C(F)CCCC2Cn2cc(nn2)CC2CCNC(C(C)C)C23)CC1CC#N. The van der Waals surface area contributed by atoms with E-state index in [0.29, 0.717) is 32.5 Å². The predicted octanol–water partition coefficient (Wildman–Crippen LogP) is 2.59. The van der Waals surface area contributed by atoms with E-state index in [1.807, 2.05) is 22.7 Å². The van der Waals surface area contributed by atoms with Crippen molar-refractivity contribution in [3.05, 3.63) is 24.5 Å². The van der Waals surface area contributed by atoms with Crippen molar-refractivity contribution in [2.45, 2.75) is 127 Å². The van der Waals surface area contributed by atoms with Gasteiger partial charge in [0.15, 0.2) is 0 Å². The molecule has 3 amide bonds. The van der Waals surface area contributed by atoms with Crippen LogP contribution in [0.15, 0.2) is 18.9 Å². The van der Waals surface area contributed by atoms with Crippen molar-refractivity contribution in [1.82, 2.24) is 45.6 Å². The fraction of sp³-hybridized carbons (Fsp3) is 0.800. The van der Waals surface area contributed by atoms with Crippen LogP contribution in [0.2, 0.25) is 0 Å². The lowest BCUT2D eigenvalue weighted by Crippen LogP contribution is -2.80. The minimum Gasteiger partial charge on any atom is -0.332 e. The number of carbonyl (C=O) groups excluding carboxylic acids is 2. The number of urea groups is 1. The summed E-state index contributed by atoms with van der Waals surface area (Å²) in [6, 6.07) is 0.407. The molecule has 14 heteroatoms. The summed E-state index contributed by atoms with van der Waals surface area (Å²) >= 11 is 0. The summed E-state index contributed by atoms with van der Waals surface area (Å²) in [7, 11) is 0. The highest BCUT2D eigenvalue weighted by atomic mass is 19.1. The van der Waals surface area contributed by atoms with Gasteiger partial charge in [-0.15, -0.1) is 5.10 Å². The number of nitrogens with zero attached hydrogens (tertiary/aromatic N) is 7. The van der Waals surface area contributed by atoms with Crippen LogP contribution in [0.5, 0.6) is 0 Å². The molecule has 1 aromatic rings. The molecule has 6 heterocycles. The fourth-order valence-corrected chi connectivity index (χ4v) is 10.4. The van der Waals surface area contributed by atoms with E-state index in [-0.39, 0.29) is 66.6 Å². The van der Waals surface area contributed by atoms with Gasteiger partial charge in [-0.1, -0.05) is 32.1 Å². The van der Waals surface area contributed by atoms with Gasteiger partial charge in [0.05, 0.1) is 42.6 Å². The van der Waals surface area contributed by atoms with E-state index < -0.39 is 42.7 Å². The van der Waals surface area contributed by atoms with Crippen LogP contribution in [-0.4, -0.2) is 116 Å². The molecule has 1 aliphatic carbocycles. The Bertz CT molecular complexity index is 1430. The summed E-state index contributed by atoms with van der Waals surface area (Å²) in [5, 5.41) is 29.4. The van der Waals surface area contributed by atoms with Gasteiger partial charge in [0.2, 0.25) is 5.91 Å². The van der Waals surface area contributed by atoms with Crippen molar-refractivity contribution >= 4 is 11.9 Å². The maximum atomic E-state index is 16.9. The van der Waals surface area contributed by atoms with Crippen molar-refractivity contribution in [2.75, 3.05) is 19.6 Å². The van der Waals surface area contributed by atoms with Crippen molar-refractivity contribution in [3.63, 3.8) is 0 Å². The summed E-state index contributed by atoms with van der Waals surface area (Å²) in [5.74, 6) is -1.01. The zero-order chi connectivity index (χ0) is 34.6. The van der Waals surface area contributed by atoms with Gasteiger partial charge in [-0.3, -0.25) is 19.7 Å². The number of aromatic nitrogens is 3. The fourth-order valence-electron chi connectivity index (χ4n) is 10.4. The second kappa shape index (κ2) is 13.9. The van der Waals surface area contributed by atoms with Gasteiger partial charge in [-0.25, -0.2) is 13.6 Å². The number of piperidine rings is 2. The Morgan fingerprint density at radius 2 is 1.98 bits per heavy atom.